The molecule has 0 amide bonds. The van der Waals surface area contributed by atoms with Crippen LogP contribution in [-0.2, 0) is 4.79 Å². The molecular weight excluding hydrogens is 281 g/mol. The van der Waals surface area contributed by atoms with Crippen molar-refractivity contribution in [1.29, 1.82) is 0 Å². The molecule has 0 saturated carbocycles. The molecule has 0 saturated heterocycles. The molecular formula is C9H8INO2. The summed E-state index contributed by atoms with van der Waals surface area (Å²) in [6.45, 7) is 0. The summed E-state index contributed by atoms with van der Waals surface area (Å²) >= 11 is 2.11. The minimum Gasteiger partial charge on any atom is -0.478 e. The molecule has 0 heterocycles. The highest BCUT2D eigenvalue weighted by Gasteiger charge is 1.99. The molecule has 68 valence electrons. The second-order valence-electron chi connectivity index (χ2n) is 2.41. The van der Waals surface area contributed by atoms with Crippen molar-refractivity contribution in [2.45, 2.75) is 0 Å². The van der Waals surface area contributed by atoms with E-state index in [0.29, 0.717) is 5.69 Å². The van der Waals surface area contributed by atoms with Gasteiger partial charge in [0.1, 0.15) is 0 Å². The monoisotopic (exact) mass is 289 g/mol. The van der Waals surface area contributed by atoms with Crippen molar-refractivity contribution in [3.05, 3.63) is 33.4 Å². The van der Waals surface area contributed by atoms with Crippen LogP contribution in [-0.4, -0.2) is 11.1 Å². The number of hydrogen-bond donors (Lipinski definition) is 2. The Labute approximate surface area is 89.4 Å². The number of anilines is 1. The van der Waals surface area contributed by atoms with Gasteiger partial charge in [-0.05, 0) is 40.8 Å². The predicted molar refractivity (Wildman–Crippen MR) is 60.2 cm³/mol. The molecule has 13 heavy (non-hydrogen) atoms. The van der Waals surface area contributed by atoms with E-state index in [9.17, 15) is 4.79 Å². The lowest BCUT2D eigenvalue weighted by Crippen LogP contribution is -1.93. The van der Waals surface area contributed by atoms with Crippen molar-refractivity contribution in [3.8, 4) is 0 Å². The van der Waals surface area contributed by atoms with Gasteiger partial charge in [-0.25, -0.2) is 4.79 Å². The van der Waals surface area contributed by atoms with E-state index in [1.165, 1.54) is 6.08 Å². The first-order valence-electron chi connectivity index (χ1n) is 3.56. The Balaban J connectivity index is 3.06. The first-order chi connectivity index (χ1) is 6.11. The molecule has 0 aliphatic carbocycles. The summed E-state index contributed by atoms with van der Waals surface area (Å²) in [6.07, 6.45) is 2.58. The van der Waals surface area contributed by atoms with E-state index in [1.54, 1.807) is 6.07 Å². The minimum atomic E-state index is -0.973. The van der Waals surface area contributed by atoms with Crippen LogP contribution in [0.15, 0.2) is 24.3 Å². The van der Waals surface area contributed by atoms with Crippen LogP contribution in [0.5, 0.6) is 0 Å². The fourth-order valence-electron chi connectivity index (χ4n) is 0.884. The topological polar surface area (TPSA) is 63.3 Å². The summed E-state index contributed by atoms with van der Waals surface area (Å²) in [5, 5.41) is 8.43. The molecule has 1 aromatic rings. The third-order valence-electron chi connectivity index (χ3n) is 1.48. The zero-order valence-corrected chi connectivity index (χ0v) is 8.86. The van der Waals surface area contributed by atoms with Gasteiger partial charge in [0.25, 0.3) is 0 Å². The lowest BCUT2D eigenvalue weighted by Gasteiger charge is -2.01. The standard InChI is InChI=1S/C9H8INO2/c10-7-2-1-3-8(11)6(7)4-5-9(12)13/h1-5H,11H2,(H,12,13)/b5-4+. The number of rotatable bonds is 2. The fraction of sp³-hybridized carbons (Fsp3) is 0. The molecule has 0 radical (unpaired) electrons. The van der Waals surface area contributed by atoms with Crippen molar-refractivity contribution in [2.75, 3.05) is 5.73 Å². The maximum absolute atomic E-state index is 10.3. The number of benzene rings is 1. The SMILES string of the molecule is Nc1cccc(I)c1/C=C/C(=O)O. The van der Waals surface area contributed by atoms with E-state index < -0.39 is 5.97 Å². The van der Waals surface area contributed by atoms with Crippen LogP contribution in [0.25, 0.3) is 6.08 Å². The highest BCUT2D eigenvalue weighted by Crippen LogP contribution is 2.20. The normalized spacial score (nSPS) is 10.5. The number of halogens is 1. The highest BCUT2D eigenvalue weighted by atomic mass is 127. The van der Waals surface area contributed by atoms with Gasteiger partial charge in [-0.2, -0.15) is 0 Å². The quantitative estimate of drug-likeness (QED) is 0.497. The molecule has 3 N–H and O–H groups in total. The molecule has 0 aromatic heterocycles. The van der Waals surface area contributed by atoms with Crippen LogP contribution in [0, 0.1) is 3.57 Å². The number of nitrogen functional groups attached to an aromatic ring is 1. The Hall–Kier alpha value is -1.04. The summed E-state index contributed by atoms with van der Waals surface area (Å²) in [7, 11) is 0. The third kappa shape index (κ3) is 2.73. The molecule has 4 heteroatoms. The summed E-state index contributed by atoms with van der Waals surface area (Å²) in [6, 6.07) is 5.44. The maximum Gasteiger partial charge on any atom is 0.328 e. The van der Waals surface area contributed by atoms with E-state index in [-0.39, 0.29) is 0 Å². The Morgan fingerprint density at radius 1 is 1.54 bits per heavy atom. The van der Waals surface area contributed by atoms with Gasteiger partial charge in [0.05, 0.1) is 0 Å². The molecule has 0 aliphatic heterocycles. The smallest absolute Gasteiger partial charge is 0.328 e. The largest absolute Gasteiger partial charge is 0.478 e. The van der Waals surface area contributed by atoms with E-state index in [0.717, 1.165) is 15.2 Å². The molecule has 1 rings (SSSR count). The van der Waals surface area contributed by atoms with Crippen molar-refractivity contribution < 1.29 is 9.90 Å². The second kappa shape index (κ2) is 4.27. The number of carboxylic acids is 1. The van der Waals surface area contributed by atoms with Crippen molar-refractivity contribution in [2.24, 2.45) is 0 Å². The predicted octanol–water partition coefficient (Wildman–Crippen LogP) is 1.97. The molecule has 0 atom stereocenters. The number of hydrogen-bond acceptors (Lipinski definition) is 2. The van der Waals surface area contributed by atoms with E-state index in [4.69, 9.17) is 10.8 Å². The van der Waals surface area contributed by atoms with Crippen LogP contribution < -0.4 is 5.73 Å². The molecule has 0 aliphatic rings. The van der Waals surface area contributed by atoms with Gasteiger partial charge in [-0.3, -0.25) is 0 Å². The van der Waals surface area contributed by atoms with Gasteiger partial charge >= 0.3 is 5.97 Å². The number of carboxylic acid groups (broad SMARTS) is 1. The van der Waals surface area contributed by atoms with Gasteiger partial charge in [0, 0.05) is 20.9 Å². The molecule has 3 nitrogen and oxygen atoms in total. The van der Waals surface area contributed by atoms with Crippen LogP contribution >= 0.6 is 22.6 Å². The van der Waals surface area contributed by atoms with E-state index in [1.807, 2.05) is 12.1 Å². The summed E-state index contributed by atoms with van der Waals surface area (Å²) in [4.78, 5) is 10.3. The Morgan fingerprint density at radius 2 is 2.23 bits per heavy atom. The Morgan fingerprint density at radius 3 is 2.77 bits per heavy atom. The number of carbonyl (C=O) groups is 1. The molecule has 0 fully saturated rings. The maximum atomic E-state index is 10.3. The van der Waals surface area contributed by atoms with Gasteiger partial charge < -0.3 is 10.8 Å². The minimum absolute atomic E-state index is 0.587. The van der Waals surface area contributed by atoms with Gasteiger partial charge in [0.15, 0.2) is 0 Å². The zero-order valence-electron chi connectivity index (χ0n) is 6.70. The van der Waals surface area contributed by atoms with Crippen molar-refractivity contribution >= 4 is 40.3 Å². The van der Waals surface area contributed by atoms with Crippen LogP contribution in [0.3, 0.4) is 0 Å². The van der Waals surface area contributed by atoms with Gasteiger partial charge in [0.2, 0.25) is 0 Å². The zero-order chi connectivity index (χ0) is 9.84. The van der Waals surface area contributed by atoms with Crippen molar-refractivity contribution in [3.63, 3.8) is 0 Å². The average molecular weight is 289 g/mol. The highest BCUT2D eigenvalue weighted by molar-refractivity contribution is 14.1. The first-order valence-corrected chi connectivity index (χ1v) is 4.64. The second-order valence-corrected chi connectivity index (χ2v) is 3.58. The van der Waals surface area contributed by atoms with Gasteiger partial charge in [-0.1, -0.05) is 6.07 Å². The lowest BCUT2D eigenvalue weighted by atomic mass is 10.2. The third-order valence-corrected chi connectivity index (χ3v) is 2.42. The first kappa shape index (κ1) is 10.0. The van der Waals surface area contributed by atoms with E-state index >= 15 is 0 Å². The number of aliphatic carboxylic acids is 1. The molecule has 0 spiro atoms. The summed E-state index contributed by atoms with van der Waals surface area (Å²) in [5.41, 5.74) is 7.00. The van der Waals surface area contributed by atoms with Crippen LogP contribution in [0.2, 0.25) is 0 Å². The Bertz CT molecular complexity index is 340. The van der Waals surface area contributed by atoms with Crippen LogP contribution in [0.1, 0.15) is 5.56 Å². The summed E-state index contributed by atoms with van der Waals surface area (Å²) < 4.78 is 0.940. The van der Waals surface area contributed by atoms with Crippen LogP contribution in [0.4, 0.5) is 5.69 Å². The fourth-order valence-corrected chi connectivity index (χ4v) is 1.58. The summed E-state index contributed by atoms with van der Waals surface area (Å²) in [5.74, 6) is -0.973. The number of nitrogens with two attached hydrogens (primary N) is 1. The Kier molecular flexibility index (Phi) is 3.30. The van der Waals surface area contributed by atoms with Gasteiger partial charge in [-0.15, -0.1) is 0 Å². The van der Waals surface area contributed by atoms with E-state index in [2.05, 4.69) is 22.6 Å². The average Bonchev–Trinajstić information content (AvgIpc) is 2.03. The molecule has 0 unspecified atom stereocenters. The lowest BCUT2D eigenvalue weighted by molar-refractivity contribution is -0.131. The molecule has 1 aromatic carbocycles. The molecule has 0 bridgehead atoms. The van der Waals surface area contributed by atoms with Crippen molar-refractivity contribution in [1.82, 2.24) is 0 Å².